The predicted octanol–water partition coefficient (Wildman–Crippen LogP) is 4.19. The molecule has 0 aliphatic rings. The first-order valence-electron chi connectivity index (χ1n) is 4.79. The molecule has 0 amide bonds. The van der Waals surface area contributed by atoms with Crippen molar-refractivity contribution in [3.63, 3.8) is 0 Å². The van der Waals surface area contributed by atoms with Gasteiger partial charge in [-0.2, -0.15) is 0 Å². The minimum absolute atomic E-state index is 0.0637. The Labute approximate surface area is 111 Å². The van der Waals surface area contributed by atoms with Crippen molar-refractivity contribution in [1.82, 2.24) is 0 Å². The summed E-state index contributed by atoms with van der Waals surface area (Å²) in [7, 11) is 0. The van der Waals surface area contributed by atoms with Gasteiger partial charge in [0.05, 0.1) is 10.6 Å². The molecule has 1 N–H and O–H groups in total. The zero-order valence-electron chi connectivity index (χ0n) is 8.96. The number of benzene rings is 1. The lowest BCUT2D eigenvalue weighted by Crippen LogP contribution is -2.09. The van der Waals surface area contributed by atoms with Gasteiger partial charge in [0.1, 0.15) is 0 Å². The van der Waals surface area contributed by atoms with E-state index in [1.807, 2.05) is 0 Å². The average molecular weight is 352 g/mol. The highest BCUT2D eigenvalue weighted by Crippen LogP contribution is 2.35. The summed E-state index contributed by atoms with van der Waals surface area (Å²) in [6, 6.07) is 2.99. The van der Waals surface area contributed by atoms with Gasteiger partial charge in [-0.05, 0) is 37.8 Å². The molecule has 1 rings (SSSR count). The van der Waals surface area contributed by atoms with Crippen LogP contribution in [-0.4, -0.2) is 11.5 Å². The van der Waals surface area contributed by atoms with Gasteiger partial charge in [-0.1, -0.05) is 13.8 Å². The summed E-state index contributed by atoms with van der Waals surface area (Å²) in [5, 5.41) is 13.9. The number of anilines is 1. The summed E-state index contributed by atoms with van der Waals surface area (Å²) in [5.41, 5.74) is 0.910. The second kappa shape index (κ2) is 5.63. The first kappa shape index (κ1) is 13.4. The molecule has 0 aromatic heterocycles. The van der Waals surface area contributed by atoms with Crippen LogP contribution < -0.4 is 5.32 Å². The minimum Gasteiger partial charge on any atom is -0.383 e. The summed E-state index contributed by atoms with van der Waals surface area (Å²) in [6.07, 6.45) is 0. The van der Waals surface area contributed by atoms with Crippen LogP contribution in [0, 0.1) is 16.0 Å². The smallest absolute Gasteiger partial charge is 0.271 e. The van der Waals surface area contributed by atoms with E-state index in [0.717, 1.165) is 12.2 Å². The normalized spacial score (nSPS) is 10.6. The van der Waals surface area contributed by atoms with Crippen LogP contribution in [-0.2, 0) is 0 Å². The SMILES string of the molecule is CC(C)CNc1c(Br)cc([N+](=O)[O-])cc1Br. The predicted molar refractivity (Wildman–Crippen MR) is 71.8 cm³/mol. The number of halogens is 2. The molecule has 0 aliphatic heterocycles. The van der Waals surface area contributed by atoms with E-state index in [1.165, 1.54) is 12.1 Å². The van der Waals surface area contributed by atoms with Gasteiger partial charge in [-0.3, -0.25) is 10.1 Å². The van der Waals surface area contributed by atoms with Gasteiger partial charge in [0.2, 0.25) is 0 Å². The molecular weight excluding hydrogens is 340 g/mol. The van der Waals surface area contributed by atoms with Crippen molar-refractivity contribution < 1.29 is 4.92 Å². The molecule has 0 atom stereocenters. The maximum absolute atomic E-state index is 10.6. The van der Waals surface area contributed by atoms with Crippen molar-refractivity contribution >= 4 is 43.2 Å². The zero-order chi connectivity index (χ0) is 12.3. The largest absolute Gasteiger partial charge is 0.383 e. The highest BCUT2D eigenvalue weighted by molar-refractivity contribution is 9.11. The quantitative estimate of drug-likeness (QED) is 0.653. The van der Waals surface area contributed by atoms with Gasteiger partial charge in [0.25, 0.3) is 5.69 Å². The van der Waals surface area contributed by atoms with Crippen LogP contribution >= 0.6 is 31.9 Å². The molecular formula is C10H12Br2N2O2. The first-order valence-corrected chi connectivity index (χ1v) is 6.37. The van der Waals surface area contributed by atoms with Crippen molar-refractivity contribution in [2.24, 2.45) is 5.92 Å². The number of nitro groups is 1. The van der Waals surface area contributed by atoms with Gasteiger partial charge in [-0.15, -0.1) is 0 Å². The average Bonchev–Trinajstić information content (AvgIpc) is 2.15. The lowest BCUT2D eigenvalue weighted by Gasteiger charge is -2.12. The third kappa shape index (κ3) is 3.45. The molecule has 1 aromatic carbocycles. The number of nitrogens with one attached hydrogen (secondary N) is 1. The fourth-order valence-electron chi connectivity index (χ4n) is 1.14. The molecule has 0 aliphatic carbocycles. The van der Waals surface area contributed by atoms with E-state index in [1.54, 1.807) is 0 Å². The molecule has 0 spiro atoms. The molecule has 0 bridgehead atoms. The van der Waals surface area contributed by atoms with Gasteiger partial charge in [-0.25, -0.2) is 0 Å². The van der Waals surface area contributed by atoms with Gasteiger partial charge >= 0.3 is 0 Å². The summed E-state index contributed by atoms with van der Waals surface area (Å²) in [4.78, 5) is 10.2. The lowest BCUT2D eigenvalue weighted by atomic mass is 10.2. The van der Waals surface area contributed by atoms with E-state index < -0.39 is 4.92 Å². The Balaban J connectivity index is 2.98. The number of hydrogen-bond donors (Lipinski definition) is 1. The van der Waals surface area contributed by atoms with Crippen molar-refractivity contribution in [1.29, 1.82) is 0 Å². The standard InChI is InChI=1S/C10H12Br2N2O2/c1-6(2)5-13-10-8(11)3-7(14(15)16)4-9(10)12/h3-4,6,13H,5H2,1-2H3. The van der Waals surface area contributed by atoms with Crippen molar-refractivity contribution in [3.8, 4) is 0 Å². The third-order valence-electron chi connectivity index (χ3n) is 1.92. The molecule has 16 heavy (non-hydrogen) atoms. The van der Waals surface area contributed by atoms with Gasteiger partial charge in [0.15, 0.2) is 0 Å². The summed E-state index contributed by atoms with van der Waals surface area (Å²) in [6.45, 7) is 5.01. The third-order valence-corrected chi connectivity index (χ3v) is 3.18. The highest BCUT2D eigenvalue weighted by Gasteiger charge is 2.13. The van der Waals surface area contributed by atoms with Crippen LogP contribution in [0.2, 0.25) is 0 Å². The maximum Gasteiger partial charge on any atom is 0.271 e. The highest BCUT2D eigenvalue weighted by atomic mass is 79.9. The van der Waals surface area contributed by atoms with Crippen LogP contribution in [0.3, 0.4) is 0 Å². The first-order chi connectivity index (χ1) is 7.41. The number of non-ortho nitro benzene ring substituents is 1. The molecule has 88 valence electrons. The second-order valence-corrected chi connectivity index (χ2v) is 5.52. The van der Waals surface area contributed by atoms with E-state index in [4.69, 9.17) is 0 Å². The topological polar surface area (TPSA) is 55.2 Å². The van der Waals surface area contributed by atoms with Crippen molar-refractivity contribution in [3.05, 3.63) is 31.2 Å². The van der Waals surface area contributed by atoms with E-state index in [2.05, 4.69) is 51.0 Å². The van der Waals surface area contributed by atoms with E-state index >= 15 is 0 Å². The number of hydrogen-bond acceptors (Lipinski definition) is 3. The number of nitrogens with zero attached hydrogens (tertiary/aromatic N) is 1. The van der Waals surface area contributed by atoms with Crippen LogP contribution in [0.5, 0.6) is 0 Å². The van der Waals surface area contributed by atoms with Crippen molar-refractivity contribution in [2.75, 3.05) is 11.9 Å². The van der Waals surface area contributed by atoms with E-state index in [-0.39, 0.29) is 5.69 Å². The molecule has 0 unspecified atom stereocenters. The Morgan fingerprint density at radius 1 is 1.38 bits per heavy atom. The second-order valence-electron chi connectivity index (χ2n) is 3.82. The molecule has 0 saturated carbocycles. The molecule has 0 saturated heterocycles. The Morgan fingerprint density at radius 2 is 1.88 bits per heavy atom. The van der Waals surface area contributed by atoms with E-state index in [9.17, 15) is 10.1 Å². The Bertz CT molecular complexity index is 385. The van der Waals surface area contributed by atoms with Crippen molar-refractivity contribution in [2.45, 2.75) is 13.8 Å². The molecule has 0 heterocycles. The molecule has 6 heteroatoms. The van der Waals surface area contributed by atoms with Crippen LogP contribution in [0.15, 0.2) is 21.1 Å². The number of nitro benzene ring substituents is 1. The Hall–Kier alpha value is -0.620. The fourth-order valence-corrected chi connectivity index (χ4v) is 2.58. The summed E-state index contributed by atoms with van der Waals surface area (Å²) >= 11 is 6.64. The Kier molecular flexibility index (Phi) is 4.73. The molecule has 1 aromatic rings. The molecule has 0 radical (unpaired) electrons. The molecule has 4 nitrogen and oxygen atoms in total. The van der Waals surface area contributed by atoms with E-state index in [0.29, 0.717) is 14.9 Å². The van der Waals surface area contributed by atoms with Gasteiger partial charge < -0.3 is 5.32 Å². The maximum atomic E-state index is 10.6. The lowest BCUT2D eigenvalue weighted by molar-refractivity contribution is -0.385. The monoisotopic (exact) mass is 350 g/mol. The zero-order valence-corrected chi connectivity index (χ0v) is 12.1. The number of rotatable bonds is 4. The van der Waals surface area contributed by atoms with Crippen LogP contribution in [0.25, 0.3) is 0 Å². The minimum atomic E-state index is -0.415. The van der Waals surface area contributed by atoms with Crippen LogP contribution in [0.1, 0.15) is 13.8 Å². The summed E-state index contributed by atoms with van der Waals surface area (Å²) < 4.78 is 1.38. The molecule has 0 fully saturated rings. The fraction of sp³-hybridized carbons (Fsp3) is 0.400. The van der Waals surface area contributed by atoms with Crippen LogP contribution in [0.4, 0.5) is 11.4 Å². The Morgan fingerprint density at radius 3 is 2.25 bits per heavy atom. The summed E-state index contributed by atoms with van der Waals surface area (Å²) in [5.74, 6) is 0.508. The van der Waals surface area contributed by atoms with Gasteiger partial charge in [0, 0.05) is 27.6 Å².